The number of methoxy groups -OCH3 is 1. The summed E-state index contributed by atoms with van der Waals surface area (Å²) in [6.45, 7) is 0. The van der Waals surface area contributed by atoms with Crippen LogP contribution in [0.3, 0.4) is 0 Å². The number of Topliss-reactive ketones (excluding diaryl/α,β-unsaturated/α-hetero) is 1. The predicted molar refractivity (Wildman–Crippen MR) is 72.4 cm³/mol. The Morgan fingerprint density at radius 3 is 2.40 bits per heavy atom. The van der Waals surface area contributed by atoms with Gasteiger partial charge < -0.3 is 4.74 Å². The van der Waals surface area contributed by atoms with Gasteiger partial charge in [-0.2, -0.15) is 0 Å². The third-order valence-corrected chi connectivity index (χ3v) is 4.06. The summed E-state index contributed by atoms with van der Waals surface area (Å²) in [6.07, 6.45) is 4.47. The van der Waals surface area contributed by atoms with Gasteiger partial charge in [0.05, 0.1) is 0 Å². The van der Waals surface area contributed by atoms with Crippen LogP contribution in [0.1, 0.15) is 37.7 Å². The maximum atomic E-state index is 13.6. The summed E-state index contributed by atoms with van der Waals surface area (Å²) in [5.41, 5.74) is -0.157. The zero-order chi connectivity index (χ0) is 14.5. The molecule has 0 spiro atoms. The first-order valence-corrected chi connectivity index (χ1v) is 7.12. The van der Waals surface area contributed by atoms with Crippen LogP contribution in [0.25, 0.3) is 0 Å². The van der Waals surface area contributed by atoms with E-state index in [1.54, 1.807) is 0 Å². The summed E-state index contributed by atoms with van der Waals surface area (Å²) in [6, 6.07) is 3.65. The summed E-state index contributed by atoms with van der Waals surface area (Å²) in [5.74, 6) is -1.40. The van der Waals surface area contributed by atoms with Crippen molar-refractivity contribution >= 4 is 5.78 Å². The monoisotopic (exact) mass is 282 g/mol. The van der Waals surface area contributed by atoms with Crippen LogP contribution in [0, 0.1) is 17.6 Å². The second-order valence-electron chi connectivity index (χ2n) is 5.40. The third-order valence-electron chi connectivity index (χ3n) is 4.06. The number of carbonyl (C=O) groups is 1. The van der Waals surface area contributed by atoms with Gasteiger partial charge in [0, 0.05) is 19.1 Å². The Kier molecular flexibility index (Phi) is 5.24. The van der Waals surface area contributed by atoms with E-state index in [0.717, 1.165) is 25.7 Å². The van der Waals surface area contributed by atoms with Crippen LogP contribution in [0.2, 0.25) is 0 Å². The molecule has 1 aromatic carbocycles. The van der Waals surface area contributed by atoms with Crippen molar-refractivity contribution in [1.82, 2.24) is 0 Å². The molecular weight excluding hydrogens is 262 g/mol. The molecule has 0 bridgehead atoms. The van der Waals surface area contributed by atoms with E-state index in [9.17, 15) is 13.6 Å². The molecule has 2 nitrogen and oxygen atoms in total. The average Bonchev–Trinajstić information content (AvgIpc) is 2.45. The van der Waals surface area contributed by atoms with Gasteiger partial charge in [-0.05, 0) is 30.9 Å². The molecule has 1 aliphatic carbocycles. The maximum Gasteiger partial charge on any atom is 0.166 e. The van der Waals surface area contributed by atoms with E-state index in [0.29, 0.717) is 0 Å². The van der Waals surface area contributed by atoms with Crippen LogP contribution in [0.4, 0.5) is 8.78 Å². The molecule has 1 atom stereocenters. The van der Waals surface area contributed by atoms with Crippen molar-refractivity contribution in [3.8, 4) is 0 Å². The van der Waals surface area contributed by atoms with Crippen molar-refractivity contribution < 1.29 is 18.3 Å². The van der Waals surface area contributed by atoms with E-state index in [-0.39, 0.29) is 23.7 Å². The first kappa shape index (κ1) is 15.1. The summed E-state index contributed by atoms with van der Waals surface area (Å²) >= 11 is 0. The minimum atomic E-state index is -0.670. The Bertz CT molecular complexity index is 447. The first-order chi connectivity index (χ1) is 9.63. The number of rotatable bonds is 5. The van der Waals surface area contributed by atoms with Gasteiger partial charge in [0.15, 0.2) is 5.78 Å². The maximum absolute atomic E-state index is 13.6. The molecule has 0 heterocycles. The van der Waals surface area contributed by atoms with Crippen LogP contribution in [-0.2, 0) is 16.0 Å². The number of carbonyl (C=O) groups excluding carboxylic acids is 1. The van der Waals surface area contributed by atoms with Crippen molar-refractivity contribution in [2.24, 2.45) is 5.92 Å². The van der Waals surface area contributed by atoms with Gasteiger partial charge in [0.25, 0.3) is 0 Å². The normalized spacial score (nSPS) is 17.9. The van der Waals surface area contributed by atoms with E-state index in [4.69, 9.17) is 4.74 Å². The minimum Gasteiger partial charge on any atom is -0.373 e. The standard InChI is InChI=1S/C16H20F2O2/c1-20-16(11-6-3-2-4-7-11)15(19)10-12-13(17)8-5-9-14(12)18/h5,8-9,11,16H,2-4,6-7,10H2,1H3. The van der Waals surface area contributed by atoms with Gasteiger partial charge in [0.1, 0.15) is 17.7 Å². The number of halogens is 2. The van der Waals surface area contributed by atoms with Gasteiger partial charge >= 0.3 is 0 Å². The number of benzene rings is 1. The van der Waals surface area contributed by atoms with Crippen molar-refractivity contribution in [1.29, 1.82) is 0 Å². The Labute approximate surface area is 118 Å². The minimum absolute atomic E-state index is 0.157. The molecule has 0 saturated heterocycles. The van der Waals surface area contributed by atoms with Crippen molar-refractivity contribution in [2.75, 3.05) is 7.11 Å². The molecule has 1 aliphatic rings. The fourth-order valence-electron chi connectivity index (χ4n) is 3.00. The topological polar surface area (TPSA) is 26.3 Å². The number of hydrogen-bond donors (Lipinski definition) is 0. The SMILES string of the molecule is COC(C(=O)Cc1c(F)cccc1F)C1CCCCC1. The van der Waals surface area contributed by atoms with Gasteiger partial charge in [-0.15, -0.1) is 0 Å². The highest BCUT2D eigenvalue weighted by Gasteiger charge is 2.30. The van der Waals surface area contributed by atoms with Crippen molar-refractivity contribution in [3.63, 3.8) is 0 Å². The lowest BCUT2D eigenvalue weighted by Gasteiger charge is -2.28. The third kappa shape index (κ3) is 3.42. The molecule has 1 fully saturated rings. The van der Waals surface area contributed by atoms with E-state index in [1.807, 2.05) is 0 Å². The Hall–Kier alpha value is -1.29. The lowest BCUT2D eigenvalue weighted by molar-refractivity contribution is -0.132. The Morgan fingerprint density at radius 1 is 1.25 bits per heavy atom. The number of ketones is 1. The van der Waals surface area contributed by atoms with Crippen LogP contribution in [0.5, 0.6) is 0 Å². The van der Waals surface area contributed by atoms with Gasteiger partial charge in [-0.1, -0.05) is 25.3 Å². The van der Waals surface area contributed by atoms with Crippen molar-refractivity contribution in [2.45, 2.75) is 44.6 Å². The molecule has 0 radical (unpaired) electrons. The summed E-state index contributed by atoms with van der Waals surface area (Å²) < 4.78 is 32.5. The molecule has 0 aliphatic heterocycles. The first-order valence-electron chi connectivity index (χ1n) is 7.12. The summed E-state index contributed by atoms with van der Waals surface area (Å²) in [7, 11) is 1.49. The fraction of sp³-hybridized carbons (Fsp3) is 0.562. The largest absolute Gasteiger partial charge is 0.373 e. The fourth-order valence-corrected chi connectivity index (χ4v) is 3.00. The zero-order valence-electron chi connectivity index (χ0n) is 11.7. The lowest BCUT2D eigenvalue weighted by Crippen LogP contribution is -2.34. The molecule has 110 valence electrons. The predicted octanol–water partition coefficient (Wildman–Crippen LogP) is 3.67. The number of hydrogen-bond acceptors (Lipinski definition) is 2. The van der Waals surface area contributed by atoms with Crippen LogP contribution in [-0.4, -0.2) is 19.0 Å². The molecule has 0 amide bonds. The van der Waals surface area contributed by atoms with Crippen LogP contribution in [0.15, 0.2) is 18.2 Å². The lowest BCUT2D eigenvalue weighted by atomic mass is 9.82. The van der Waals surface area contributed by atoms with E-state index >= 15 is 0 Å². The van der Waals surface area contributed by atoms with E-state index in [2.05, 4.69) is 0 Å². The van der Waals surface area contributed by atoms with Gasteiger partial charge in [-0.25, -0.2) is 8.78 Å². The molecule has 1 aromatic rings. The molecular formula is C16H20F2O2. The highest BCUT2D eigenvalue weighted by atomic mass is 19.1. The zero-order valence-corrected chi connectivity index (χ0v) is 11.7. The van der Waals surface area contributed by atoms with Gasteiger partial charge in [0.2, 0.25) is 0 Å². The molecule has 1 saturated carbocycles. The van der Waals surface area contributed by atoms with Crippen LogP contribution >= 0.6 is 0 Å². The molecule has 4 heteroatoms. The smallest absolute Gasteiger partial charge is 0.166 e. The second kappa shape index (κ2) is 6.93. The average molecular weight is 282 g/mol. The van der Waals surface area contributed by atoms with E-state index in [1.165, 1.54) is 31.7 Å². The Balaban J connectivity index is 2.09. The summed E-state index contributed by atoms with van der Waals surface area (Å²) in [5, 5.41) is 0. The molecule has 0 N–H and O–H groups in total. The quantitative estimate of drug-likeness (QED) is 0.823. The highest BCUT2D eigenvalue weighted by Crippen LogP contribution is 2.29. The molecule has 20 heavy (non-hydrogen) atoms. The summed E-state index contributed by atoms with van der Waals surface area (Å²) in [4.78, 5) is 12.3. The highest BCUT2D eigenvalue weighted by molar-refractivity contribution is 5.85. The molecule has 0 aromatic heterocycles. The molecule has 2 rings (SSSR count). The Morgan fingerprint density at radius 2 is 1.85 bits per heavy atom. The second-order valence-corrected chi connectivity index (χ2v) is 5.40. The van der Waals surface area contributed by atoms with Crippen molar-refractivity contribution in [3.05, 3.63) is 35.4 Å². The number of ether oxygens (including phenoxy) is 1. The molecule has 1 unspecified atom stereocenters. The van der Waals surface area contributed by atoms with Crippen LogP contribution < -0.4 is 0 Å². The van der Waals surface area contributed by atoms with E-state index < -0.39 is 17.7 Å². The van der Waals surface area contributed by atoms with Gasteiger partial charge in [-0.3, -0.25) is 4.79 Å².